The number of hydrogen-bond donors (Lipinski definition) is 0. The molecule has 2 aliphatic heterocycles. The van der Waals surface area contributed by atoms with Crippen molar-refractivity contribution in [3.63, 3.8) is 0 Å². The molecule has 0 aromatic heterocycles. The summed E-state index contributed by atoms with van der Waals surface area (Å²) in [5.41, 5.74) is 0. The van der Waals surface area contributed by atoms with Gasteiger partial charge in [-0.3, -0.25) is 0 Å². The highest BCUT2D eigenvalue weighted by Gasteiger charge is 2.26. The summed E-state index contributed by atoms with van der Waals surface area (Å²) < 4.78 is 0. The summed E-state index contributed by atoms with van der Waals surface area (Å²) in [4.78, 5) is 5.07. The van der Waals surface area contributed by atoms with Crippen LogP contribution < -0.4 is 0 Å². The Balaban J connectivity index is 1.61. The minimum absolute atomic E-state index is 0.687. The summed E-state index contributed by atoms with van der Waals surface area (Å²) in [6.45, 7) is 14.2. The number of rotatable bonds is 6. The van der Waals surface area contributed by atoms with Gasteiger partial charge in [-0.2, -0.15) is 0 Å². The topological polar surface area (TPSA) is 6.48 Å². The van der Waals surface area contributed by atoms with Crippen molar-refractivity contribution in [3.05, 3.63) is 0 Å². The maximum atomic E-state index is 2.71. The van der Waals surface area contributed by atoms with Gasteiger partial charge in [0.05, 0.1) is 0 Å². The Bertz CT molecular complexity index is 255. The summed E-state index contributed by atoms with van der Waals surface area (Å²) >= 11 is 0. The van der Waals surface area contributed by atoms with Gasteiger partial charge in [0, 0.05) is 0 Å². The zero-order valence-corrected chi connectivity index (χ0v) is 14.6. The first kappa shape index (κ1) is 17.5. The van der Waals surface area contributed by atoms with E-state index < -0.39 is 0 Å². The van der Waals surface area contributed by atoms with Crippen LogP contribution in [-0.2, 0) is 0 Å². The molecule has 21 heavy (non-hydrogen) atoms. The van der Waals surface area contributed by atoms with E-state index in [-0.39, 0.29) is 0 Å². The van der Waals surface area contributed by atoms with Crippen LogP contribution in [0.3, 0.4) is 0 Å². The summed E-state index contributed by atoms with van der Waals surface area (Å²) in [5.74, 6) is 3.11. The van der Waals surface area contributed by atoms with Crippen molar-refractivity contribution in [2.75, 3.05) is 26.2 Å². The third-order valence-corrected chi connectivity index (χ3v) is 4.71. The molecule has 3 radical (unpaired) electrons. The van der Waals surface area contributed by atoms with E-state index in [9.17, 15) is 0 Å². The Morgan fingerprint density at radius 3 is 1.29 bits per heavy atom. The molecule has 2 fully saturated rings. The van der Waals surface area contributed by atoms with Crippen molar-refractivity contribution in [2.45, 2.75) is 76.6 Å². The van der Waals surface area contributed by atoms with E-state index in [1.165, 1.54) is 51.9 Å². The number of hydrogen-bond acceptors (Lipinski definition) is 2. The molecule has 0 N–H and O–H groups in total. The van der Waals surface area contributed by atoms with Gasteiger partial charge in [0.25, 0.3) is 0 Å². The third-order valence-electron chi connectivity index (χ3n) is 4.71. The molecule has 0 unspecified atom stereocenters. The van der Waals surface area contributed by atoms with Crippen molar-refractivity contribution in [3.8, 4) is 0 Å². The monoisotopic (exact) mass is 285 g/mol. The summed E-state index contributed by atoms with van der Waals surface area (Å²) in [7, 11) is 7.53. The predicted molar refractivity (Wildman–Crippen MR) is 96.6 cm³/mol. The van der Waals surface area contributed by atoms with Crippen LogP contribution in [0.1, 0.15) is 53.4 Å². The van der Waals surface area contributed by atoms with Gasteiger partial charge in [0.15, 0.2) is 0 Å². The van der Waals surface area contributed by atoms with Gasteiger partial charge in [-0.15, -0.1) is 0 Å². The van der Waals surface area contributed by atoms with E-state index in [1.807, 2.05) is 0 Å². The molecule has 0 aromatic rings. The maximum absolute atomic E-state index is 2.71. The second-order valence-corrected chi connectivity index (χ2v) is 7.73. The van der Waals surface area contributed by atoms with Crippen LogP contribution in [0.4, 0.5) is 0 Å². The molecule has 0 spiro atoms. The first-order valence-electron chi connectivity index (χ1n) is 9.06. The van der Waals surface area contributed by atoms with E-state index in [2.05, 4.69) is 59.4 Å². The SMILES string of the molecule is CC(C)[B]N1CCC([B]C2CCN([B]C(C)C)CC2)CC1. The van der Waals surface area contributed by atoms with Crippen LogP contribution in [0.2, 0.25) is 23.3 Å². The molecule has 0 amide bonds. The van der Waals surface area contributed by atoms with Crippen LogP contribution in [0.5, 0.6) is 0 Å². The lowest BCUT2D eigenvalue weighted by atomic mass is 9.49. The van der Waals surface area contributed by atoms with Gasteiger partial charge in [0.1, 0.15) is 7.28 Å². The number of nitrogens with zero attached hydrogens (tertiary/aromatic N) is 2. The third kappa shape index (κ3) is 6.40. The van der Waals surface area contributed by atoms with Gasteiger partial charge < -0.3 is 9.62 Å². The normalized spacial score (nSPS) is 23.7. The van der Waals surface area contributed by atoms with Gasteiger partial charge in [0.2, 0.25) is 14.8 Å². The largest absolute Gasteiger partial charge is 0.346 e. The molecule has 2 heterocycles. The Hall–Kier alpha value is 0.115. The van der Waals surface area contributed by atoms with Crippen molar-refractivity contribution in [1.29, 1.82) is 0 Å². The summed E-state index contributed by atoms with van der Waals surface area (Å²) in [5, 5.41) is 0. The molecular weight excluding hydrogens is 253 g/mol. The van der Waals surface area contributed by atoms with Gasteiger partial charge >= 0.3 is 0 Å². The fourth-order valence-electron chi connectivity index (χ4n) is 3.75. The van der Waals surface area contributed by atoms with Crippen molar-refractivity contribution >= 4 is 22.1 Å². The molecule has 0 bridgehead atoms. The summed E-state index contributed by atoms with van der Waals surface area (Å²) in [6, 6.07) is 0. The van der Waals surface area contributed by atoms with Crippen molar-refractivity contribution in [2.24, 2.45) is 0 Å². The van der Waals surface area contributed by atoms with Crippen molar-refractivity contribution < 1.29 is 0 Å². The van der Waals surface area contributed by atoms with Crippen molar-refractivity contribution in [1.82, 2.24) is 9.62 Å². The Kier molecular flexibility index (Phi) is 7.21. The van der Waals surface area contributed by atoms with Crippen LogP contribution in [0, 0.1) is 0 Å². The highest BCUT2D eigenvalue weighted by Crippen LogP contribution is 2.31. The lowest BCUT2D eigenvalue weighted by Crippen LogP contribution is -2.40. The average Bonchev–Trinajstić information content (AvgIpc) is 2.42. The molecule has 2 saturated heterocycles. The van der Waals surface area contributed by atoms with E-state index in [1.54, 1.807) is 0 Å². The molecule has 2 aliphatic rings. The number of piperidine rings is 2. The highest BCUT2D eigenvalue weighted by atomic mass is 15.1. The first-order chi connectivity index (χ1) is 10.0. The average molecular weight is 285 g/mol. The molecule has 0 aromatic carbocycles. The predicted octanol–water partition coefficient (Wildman–Crippen LogP) is 3.35. The maximum Gasteiger partial charge on any atom is 0.211 e. The summed E-state index contributed by atoms with van der Waals surface area (Å²) in [6.07, 6.45) is 5.45. The Morgan fingerprint density at radius 1 is 0.667 bits per heavy atom. The quantitative estimate of drug-likeness (QED) is 0.690. The van der Waals surface area contributed by atoms with E-state index >= 15 is 0 Å². The zero-order chi connectivity index (χ0) is 15.2. The van der Waals surface area contributed by atoms with Gasteiger partial charge in [-0.05, 0) is 51.9 Å². The lowest BCUT2D eigenvalue weighted by Gasteiger charge is -2.37. The fraction of sp³-hybridized carbons (Fsp3) is 1.00. The zero-order valence-electron chi connectivity index (χ0n) is 14.6. The smallest absolute Gasteiger partial charge is 0.211 e. The van der Waals surface area contributed by atoms with Crippen LogP contribution in [0.15, 0.2) is 0 Å². The second-order valence-electron chi connectivity index (χ2n) is 7.73. The molecule has 0 saturated carbocycles. The minimum atomic E-state index is 0.687. The van der Waals surface area contributed by atoms with E-state index in [4.69, 9.17) is 0 Å². The molecule has 5 heteroatoms. The molecule has 2 rings (SSSR count). The second kappa shape index (κ2) is 8.67. The Labute approximate surface area is 135 Å². The minimum Gasteiger partial charge on any atom is -0.346 e. The molecule has 0 aliphatic carbocycles. The fourth-order valence-corrected chi connectivity index (χ4v) is 3.75. The van der Waals surface area contributed by atoms with Gasteiger partial charge in [-0.1, -0.05) is 51.0 Å². The highest BCUT2D eigenvalue weighted by molar-refractivity contribution is 6.40. The van der Waals surface area contributed by atoms with Crippen LogP contribution in [-0.4, -0.2) is 57.9 Å². The van der Waals surface area contributed by atoms with E-state index in [0.29, 0.717) is 11.6 Å². The molecule has 115 valence electrons. The van der Waals surface area contributed by atoms with Crippen LogP contribution in [0.25, 0.3) is 0 Å². The van der Waals surface area contributed by atoms with Gasteiger partial charge in [-0.25, -0.2) is 0 Å². The molecule has 0 atom stereocenters. The van der Waals surface area contributed by atoms with Crippen LogP contribution >= 0.6 is 0 Å². The Morgan fingerprint density at radius 2 is 1.00 bits per heavy atom. The van der Waals surface area contributed by atoms with E-state index in [0.717, 1.165) is 11.6 Å². The first-order valence-corrected chi connectivity index (χ1v) is 9.06. The molecule has 2 nitrogen and oxygen atoms in total. The molecular formula is C16H32B3N2. The standard InChI is InChI=1S/C16H32B3N2/c1-13(2)18-20-9-5-15(6-10-20)17-16-7-11-21(12-8-16)19-14(3)4/h13-16H,5-12H2,1-4H3. The lowest BCUT2D eigenvalue weighted by molar-refractivity contribution is 0.339.